The molecule has 0 bridgehead atoms. The van der Waals surface area contributed by atoms with Gasteiger partial charge in [0.15, 0.2) is 6.10 Å². The fourth-order valence-corrected chi connectivity index (χ4v) is 3.35. The first kappa shape index (κ1) is 20.3. The van der Waals surface area contributed by atoms with Crippen LogP contribution in [0.25, 0.3) is 0 Å². The van der Waals surface area contributed by atoms with Gasteiger partial charge in [0, 0.05) is 17.6 Å². The highest BCUT2D eigenvalue weighted by Crippen LogP contribution is 2.17. The van der Waals surface area contributed by atoms with Crippen LogP contribution in [-0.4, -0.2) is 30.4 Å². The lowest BCUT2D eigenvalue weighted by molar-refractivity contribution is -0.122. The minimum Gasteiger partial charge on any atom is -0.481 e. The molecule has 3 aromatic rings. The van der Waals surface area contributed by atoms with Crippen molar-refractivity contribution >= 4 is 27.6 Å². The second kappa shape index (κ2) is 8.70. The molecule has 1 aromatic heterocycles. The van der Waals surface area contributed by atoms with Gasteiger partial charge in [-0.25, -0.2) is 23.1 Å². The van der Waals surface area contributed by atoms with Crippen LogP contribution in [0.3, 0.4) is 0 Å². The number of carbonyl (C=O) groups excluding carboxylic acids is 1. The molecule has 1 heterocycles. The number of aromatic nitrogens is 2. The number of sulfonamides is 1. The average Bonchev–Trinajstić information content (AvgIpc) is 2.69. The summed E-state index contributed by atoms with van der Waals surface area (Å²) in [7, 11) is -3.84. The number of hydrogen-bond donors (Lipinski definition) is 2. The normalized spacial score (nSPS) is 12.1. The quantitative estimate of drug-likeness (QED) is 0.617. The highest BCUT2D eigenvalue weighted by Gasteiger charge is 2.18. The fourth-order valence-electron chi connectivity index (χ4n) is 2.40. The van der Waals surface area contributed by atoms with Crippen molar-refractivity contribution in [1.82, 2.24) is 9.97 Å². The van der Waals surface area contributed by atoms with Gasteiger partial charge in [-0.1, -0.05) is 18.2 Å². The number of carbonyl (C=O) groups is 1. The van der Waals surface area contributed by atoms with Crippen molar-refractivity contribution in [2.24, 2.45) is 0 Å². The Labute approximate surface area is 169 Å². The van der Waals surface area contributed by atoms with Crippen LogP contribution in [0.5, 0.6) is 5.75 Å². The molecule has 8 nitrogen and oxygen atoms in total. The predicted octanol–water partition coefficient (Wildman–Crippen LogP) is 2.99. The van der Waals surface area contributed by atoms with E-state index in [4.69, 9.17) is 4.74 Å². The number of hydrogen-bond acceptors (Lipinski definition) is 6. The van der Waals surface area contributed by atoms with Gasteiger partial charge in [-0.15, -0.1) is 0 Å². The third-order valence-electron chi connectivity index (χ3n) is 3.88. The van der Waals surface area contributed by atoms with Crippen LogP contribution in [-0.2, 0) is 14.8 Å². The van der Waals surface area contributed by atoms with E-state index in [9.17, 15) is 13.2 Å². The Morgan fingerprint density at radius 1 is 1.03 bits per heavy atom. The smallest absolute Gasteiger partial charge is 0.265 e. The fraction of sp³-hybridized carbons (Fsp3) is 0.150. The van der Waals surface area contributed by atoms with Crippen molar-refractivity contribution in [1.29, 1.82) is 0 Å². The highest BCUT2D eigenvalue weighted by atomic mass is 32.2. The van der Waals surface area contributed by atoms with Crippen molar-refractivity contribution < 1.29 is 17.9 Å². The molecule has 0 saturated carbocycles. The molecule has 1 atom stereocenters. The maximum atomic E-state index is 12.5. The van der Waals surface area contributed by atoms with Crippen molar-refractivity contribution in [3.05, 3.63) is 72.6 Å². The van der Waals surface area contributed by atoms with Gasteiger partial charge in [-0.05, 0) is 56.3 Å². The Morgan fingerprint density at radius 3 is 2.38 bits per heavy atom. The predicted molar refractivity (Wildman–Crippen MR) is 109 cm³/mol. The number of anilines is 2. The number of ether oxygens (including phenoxy) is 1. The number of benzene rings is 2. The minimum absolute atomic E-state index is 0.00531. The second-order valence-electron chi connectivity index (χ2n) is 6.21. The minimum atomic E-state index is -3.84. The van der Waals surface area contributed by atoms with E-state index in [2.05, 4.69) is 20.0 Å². The largest absolute Gasteiger partial charge is 0.481 e. The third kappa shape index (κ3) is 5.52. The molecule has 0 spiro atoms. The number of amides is 1. The molecule has 0 unspecified atom stereocenters. The Kier molecular flexibility index (Phi) is 6.08. The first-order valence-electron chi connectivity index (χ1n) is 8.78. The number of nitrogens with zero attached hydrogens (tertiary/aromatic N) is 2. The van der Waals surface area contributed by atoms with Crippen molar-refractivity contribution in [2.45, 2.75) is 24.8 Å². The van der Waals surface area contributed by atoms with Gasteiger partial charge < -0.3 is 10.1 Å². The van der Waals surface area contributed by atoms with E-state index in [0.717, 1.165) is 0 Å². The van der Waals surface area contributed by atoms with Gasteiger partial charge in [-0.3, -0.25) is 4.79 Å². The zero-order chi connectivity index (χ0) is 20.9. The summed E-state index contributed by atoms with van der Waals surface area (Å²) < 4.78 is 32.8. The molecular formula is C20H20N4O4S. The summed E-state index contributed by atoms with van der Waals surface area (Å²) in [6, 6.07) is 16.4. The Balaban J connectivity index is 1.64. The lowest BCUT2D eigenvalue weighted by Crippen LogP contribution is -2.30. The molecule has 1 amide bonds. The van der Waals surface area contributed by atoms with Crippen LogP contribution in [0, 0.1) is 6.92 Å². The maximum absolute atomic E-state index is 12.5. The topological polar surface area (TPSA) is 110 Å². The second-order valence-corrected chi connectivity index (χ2v) is 7.90. The molecule has 150 valence electrons. The summed E-state index contributed by atoms with van der Waals surface area (Å²) in [6.07, 6.45) is 0.748. The van der Waals surface area contributed by atoms with Crippen molar-refractivity contribution in [2.75, 3.05) is 10.0 Å². The lowest BCUT2D eigenvalue weighted by atomic mass is 10.3. The van der Waals surface area contributed by atoms with Crippen LogP contribution in [0.1, 0.15) is 12.6 Å². The van der Waals surface area contributed by atoms with Crippen molar-refractivity contribution in [3.63, 3.8) is 0 Å². The Morgan fingerprint density at radius 2 is 1.72 bits per heavy atom. The SMILES string of the molecule is Cc1ccnc(NS(=O)(=O)c2ccc(NC(=O)[C@@H](C)Oc3ccccc3)cc2)n1. The van der Waals surface area contributed by atoms with E-state index in [-0.39, 0.29) is 16.8 Å². The van der Waals surface area contributed by atoms with Crippen LogP contribution in [0.15, 0.2) is 71.8 Å². The van der Waals surface area contributed by atoms with Crippen LogP contribution in [0.4, 0.5) is 11.6 Å². The first-order valence-corrected chi connectivity index (χ1v) is 10.3. The van der Waals surface area contributed by atoms with Crippen LogP contribution < -0.4 is 14.8 Å². The molecule has 0 aliphatic carbocycles. The molecule has 0 radical (unpaired) electrons. The maximum Gasteiger partial charge on any atom is 0.265 e. The van der Waals surface area contributed by atoms with E-state index in [1.165, 1.54) is 30.5 Å². The molecular weight excluding hydrogens is 392 g/mol. The standard InChI is InChI=1S/C20H20N4O4S/c1-14-12-13-21-20(22-14)24-29(26,27)18-10-8-16(9-11-18)23-19(25)15(2)28-17-6-4-3-5-7-17/h3-13,15H,1-2H3,(H,23,25)(H,21,22,24)/t15-/m1/s1. The third-order valence-corrected chi connectivity index (χ3v) is 5.22. The van der Waals surface area contributed by atoms with E-state index < -0.39 is 16.1 Å². The zero-order valence-electron chi connectivity index (χ0n) is 15.9. The Hall–Kier alpha value is -3.46. The summed E-state index contributed by atoms with van der Waals surface area (Å²) in [4.78, 5) is 20.2. The summed E-state index contributed by atoms with van der Waals surface area (Å²) in [5.74, 6) is 0.228. The highest BCUT2D eigenvalue weighted by molar-refractivity contribution is 7.92. The van der Waals surface area contributed by atoms with E-state index >= 15 is 0 Å². The summed E-state index contributed by atoms with van der Waals surface area (Å²) >= 11 is 0. The number of para-hydroxylation sites is 1. The molecule has 0 aliphatic heterocycles. The lowest BCUT2D eigenvalue weighted by Gasteiger charge is -2.15. The van der Waals surface area contributed by atoms with Crippen LogP contribution >= 0.6 is 0 Å². The summed E-state index contributed by atoms with van der Waals surface area (Å²) in [5.41, 5.74) is 1.09. The van der Waals surface area contributed by atoms with E-state index in [1.807, 2.05) is 18.2 Å². The van der Waals surface area contributed by atoms with Crippen LogP contribution in [0.2, 0.25) is 0 Å². The average molecular weight is 412 g/mol. The molecule has 0 fully saturated rings. The molecule has 2 N–H and O–H groups in total. The van der Waals surface area contributed by atoms with Crippen molar-refractivity contribution in [3.8, 4) is 5.75 Å². The first-order chi connectivity index (χ1) is 13.8. The number of aryl methyl sites for hydroxylation is 1. The molecule has 0 saturated heterocycles. The monoisotopic (exact) mass is 412 g/mol. The van der Waals surface area contributed by atoms with Gasteiger partial charge in [0.2, 0.25) is 5.95 Å². The number of rotatable bonds is 7. The zero-order valence-corrected chi connectivity index (χ0v) is 16.7. The van der Waals surface area contributed by atoms with Gasteiger partial charge >= 0.3 is 0 Å². The van der Waals surface area contributed by atoms with E-state index in [1.54, 1.807) is 32.0 Å². The van der Waals surface area contributed by atoms with Gasteiger partial charge in [-0.2, -0.15) is 0 Å². The molecule has 2 aromatic carbocycles. The molecule has 9 heteroatoms. The molecule has 29 heavy (non-hydrogen) atoms. The molecule has 3 rings (SSSR count). The summed E-state index contributed by atoms with van der Waals surface area (Å²) in [5, 5.41) is 2.69. The van der Waals surface area contributed by atoms with E-state index in [0.29, 0.717) is 17.1 Å². The Bertz CT molecular complexity index is 1090. The number of nitrogens with one attached hydrogen (secondary N) is 2. The van der Waals surface area contributed by atoms with Gasteiger partial charge in [0.1, 0.15) is 5.75 Å². The molecule has 0 aliphatic rings. The van der Waals surface area contributed by atoms with Gasteiger partial charge in [0.05, 0.1) is 4.90 Å². The van der Waals surface area contributed by atoms with Gasteiger partial charge in [0.25, 0.3) is 15.9 Å². The summed E-state index contributed by atoms with van der Waals surface area (Å²) in [6.45, 7) is 3.37.